The van der Waals surface area contributed by atoms with Gasteiger partial charge in [-0.15, -0.1) is 0 Å². The molecule has 0 saturated carbocycles. The summed E-state index contributed by atoms with van der Waals surface area (Å²) >= 11 is 0. The molecule has 0 aromatic heterocycles. The molecule has 0 bridgehead atoms. The Balaban J connectivity index is 2.08. The molecule has 2 atom stereocenters. The Kier molecular flexibility index (Phi) is 3.72. The number of ether oxygens (including phenoxy) is 2. The van der Waals surface area contributed by atoms with Crippen molar-refractivity contribution in [2.24, 2.45) is 0 Å². The first-order valence-electron chi connectivity index (χ1n) is 5.86. The number of carbonyl (C=O) groups excluding carboxylic acids is 1. The van der Waals surface area contributed by atoms with E-state index in [2.05, 4.69) is 0 Å². The van der Waals surface area contributed by atoms with Crippen LogP contribution >= 0.6 is 0 Å². The average molecular weight is 251 g/mol. The third-order valence-corrected chi connectivity index (χ3v) is 3.08. The van der Waals surface area contributed by atoms with E-state index < -0.39 is 6.10 Å². The highest BCUT2D eigenvalue weighted by Crippen LogP contribution is 2.20. The van der Waals surface area contributed by atoms with Gasteiger partial charge >= 0.3 is 6.09 Å². The molecule has 98 valence electrons. The maximum absolute atomic E-state index is 11.6. The molecule has 1 fully saturated rings. The van der Waals surface area contributed by atoms with E-state index in [1.807, 2.05) is 24.3 Å². The zero-order valence-corrected chi connectivity index (χ0v) is 10.5. The highest BCUT2D eigenvalue weighted by molar-refractivity contribution is 5.70. The van der Waals surface area contributed by atoms with Gasteiger partial charge in [-0.05, 0) is 24.6 Å². The van der Waals surface area contributed by atoms with E-state index in [9.17, 15) is 9.90 Å². The zero-order valence-electron chi connectivity index (χ0n) is 10.5. The third-order valence-electron chi connectivity index (χ3n) is 3.08. The predicted molar refractivity (Wildman–Crippen MR) is 65.4 cm³/mol. The Hall–Kier alpha value is -1.75. The first-order chi connectivity index (χ1) is 8.61. The topological polar surface area (TPSA) is 59.0 Å². The lowest BCUT2D eigenvalue weighted by molar-refractivity contribution is 0.0977. The number of nitrogens with zero attached hydrogens (tertiary/aromatic N) is 1. The van der Waals surface area contributed by atoms with E-state index in [4.69, 9.17) is 9.47 Å². The van der Waals surface area contributed by atoms with Crippen molar-refractivity contribution in [3.8, 4) is 5.75 Å². The van der Waals surface area contributed by atoms with Crippen molar-refractivity contribution in [2.45, 2.75) is 25.6 Å². The predicted octanol–water partition coefficient (Wildman–Crippen LogP) is 1.40. The number of hydrogen-bond acceptors (Lipinski definition) is 4. The van der Waals surface area contributed by atoms with Gasteiger partial charge in [0, 0.05) is 6.54 Å². The number of cyclic esters (lactones) is 1. The molecular formula is C13H17NO4. The minimum Gasteiger partial charge on any atom is -0.497 e. The Morgan fingerprint density at radius 3 is 2.72 bits per heavy atom. The van der Waals surface area contributed by atoms with E-state index in [1.54, 1.807) is 18.9 Å². The van der Waals surface area contributed by atoms with E-state index >= 15 is 0 Å². The van der Waals surface area contributed by atoms with Gasteiger partial charge in [-0.1, -0.05) is 12.1 Å². The van der Waals surface area contributed by atoms with Crippen molar-refractivity contribution in [3.05, 3.63) is 29.8 Å². The van der Waals surface area contributed by atoms with Gasteiger partial charge in [0.05, 0.1) is 19.3 Å². The molecule has 1 N–H and O–H groups in total. The lowest BCUT2D eigenvalue weighted by Crippen LogP contribution is -2.40. The number of rotatable bonds is 4. The van der Waals surface area contributed by atoms with Crippen molar-refractivity contribution >= 4 is 6.09 Å². The molecule has 1 amide bonds. The molecule has 1 aromatic carbocycles. The van der Waals surface area contributed by atoms with Crippen LogP contribution in [0.5, 0.6) is 5.75 Å². The maximum atomic E-state index is 11.6. The largest absolute Gasteiger partial charge is 0.497 e. The van der Waals surface area contributed by atoms with Crippen molar-refractivity contribution in [2.75, 3.05) is 13.7 Å². The second-order valence-corrected chi connectivity index (χ2v) is 4.36. The van der Waals surface area contributed by atoms with Gasteiger partial charge in [-0.2, -0.15) is 0 Å². The normalized spacial score (nSPS) is 20.7. The summed E-state index contributed by atoms with van der Waals surface area (Å²) in [7, 11) is 1.61. The molecule has 1 unspecified atom stereocenters. The van der Waals surface area contributed by atoms with Gasteiger partial charge in [0.25, 0.3) is 0 Å². The molecule has 5 heteroatoms. The molecule has 18 heavy (non-hydrogen) atoms. The van der Waals surface area contributed by atoms with E-state index in [0.29, 0.717) is 6.54 Å². The quantitative estimate of drug-likeness (QED) is 0.878. The Bertz CT molecular complexity index is 416. The monoisotopic (exact) mass is 251 g/mol. The molecule has 0 spiro atoms. The summed E-state index contributed by atoms with van der Waals surface area (Å²) in [6, 6.07) is 7.19. The van der Waals surface area contributed by atoms with E-state index in [0.717, 1.165) is 11.3 Å². The van der Waals surface area contributed by atoms with Gasteiger partial charge < -0.3 is 14.6 Å². The van der Waals surface area contributed by atoms with Crippen LogP contribution in [0, 0.1) is 0 Å². The molecule has 0 radical (unpaired) electrons. The van der Waals surface area contributed by atoms with Gasteiger partial charge in [0.1, 0.15) is 12.4 Å². The number of hydrogen-bond donors (Lipinski definition) is 1. The fourth-order valence-corrected chi connectivity index (χ4v) is 1.97. The molecule has 1 aliphatic heterocycles. The minimum atomic E-state index is -0.602. The first-order valence-corrected chi connectivity index (χ1v) is 5.86. The Morgan fingerprint density at radius 1 is 1.50 bits per heavy atom. The second-order valence-electron chi connectivity index (χ2n) is 4.36. The van der Waals surface area contributed by atoms with E-state index in [-0.39, 0.29) is 18.7 Å². The number of methoxy groups -OCH3 is 1. The summed E-state index contributed by atoms with van der Waals surface area (Å²) in [4.78, 5) is 13.1. The molecule has 0 aliphatic carbocycles. The van der Waals surface area contributed by atoms with Gasteiger partial charge in [0.2, 0.25) is 0 Å². The number of benzene rings is 1. The third kappa shape index (κ3) is 2.56. The van der Waals surface area contributed by atoms with Crippen LogP contribution in [-0.2, 0) is 11.3 Å². The standard InChI is InChI=1S/C13H17NO4/c1-9(15)12-8-18-13(16)14(12)7-10-3-5-11(17-2)6-4-10/h3-6,9,12,15H,7-8H2,1-2H3/t9-,12?/m1/s1. The van der Waals surface area contributed by atoms with Crippen LogP contribution in [0.3, 0.4) is 0 Å². The molecular weight excluding hydrogens is 234 g/mol. The van der Waals surface area contributed by atoms with Crippen LogP contribution in [-0.4, -0.2) is 42.0 Å². The Morgan fingerprint density at radius 2 is 2.17 bits per heavy atom. The average Bonchev–Trinajstić information content (AvgIpc) is 2.72. The molecule has 2 rings (SSSR count). The number of carbonyl (C=O) groups is 1. The first kappa shape index (κ1) is 12.7. The number of aliphatic hydroxyl groups excluding tert-OH is 1. The number of amides is 1. The van der Waals surface area contributed by atoms with Crippen molar-refractivity contribution in [1.82, 2.24) is 4.90 Å². The highest BCUT2D eigenvalue weighted by atomic mass is 16.6. The SMILES string of the molecule is COc1ccc(CN2C(=O)OCC2[C@@H](C)O)cc1. The maximum Gasteiger partial charge on any atom is 0.410 e. The smallest absolute Gasteiger partial charge is 0.410 e. The van der Waals surface area contributed by atoms with Crippen LogP contribution in [0.2, 0.25) is 0 Å². The van der Waals surface area contributed by atoms with Crippen LogP contribution in [0.25, 0.3) is 0 Å². The lowest BCUT2D eigenvalue weighted by Gasteiger charge is -2.23. The van der Waals surface area contributed by atoms with Crippen LogP contribution < -0.4 is 4.74 Å². The minimum absolute atomic E-state index is 0.243. The summed E-state index contributed by atoms with van der Waals surface area (Å²) in [5, 5.41) is 9.61. The van der Waals surface area contributed by atoms with Crippen LogP contribution in [0.15, 0.2) is 24.3 Å². The summed E-state index contributed by atoms with van der Waals surface area (Å²) in [5.74, 6) is 0.773. The second kappa shape index (κ2) is 5.27. The molecule has 5 nitrogen and oxygen atoms in total. The summed E-state index contributed by atoms with van der Waals surface area (Å²) < 4.78 is 10.0. The van der Waals surface area contributed by atoms with Crippen molar-refractivity contribution in [3.63, 3.8) is 0 Å². The van der Waals surface area contributed by atoms with Crippen LogP contribution in [0.4, 0.5) is 4.79 Å². The molecule has 1 aliphatic rings. The summed E-state index contributed by atoms with van der Waals surface area (Å²) in [6.45, 7) is 2.33. The van der Waals surface area contributed by atoms with Crippen LogP contribution in [0.1, 0.15) is 12.5 Å². The summed E-state index contributed by atoms with van der Waals surface area (Å²) in [6.07, 6.45) is -0.980. The zero-order chi connectivity index (χ0) is 13.1. The molecule has 1 aromatic rings. The van der Waals surface area contributed by atoms with E-state index in [1.165, 1.54) is 0 Å². The fraction of sp³-hybridized carbons (Fsp3) is 0.462. The lowest BCUT2D eigenvalue weighted by atomic mass is 10.1. The van der Waals surface area contributed by atoms with Gasteiger partial charge in [-0.3, -0.25) is 4.90 Å². The van der Waals surface area contributed by atoms with Gasteiger partial charge in [-0.25, -0.2) is 4.79 Å². The van der Waals surface area contributed by atoms with Crippen molar-refractivity contribution in [1.29, 1.82) is 0 Å². The fourth-order valence-electron chi connectivity index (χ4n) is 1.97. The Labute approximate surface area is 106 Å². The highest BCUT2D eigenvalue weighted by Gasteiger charge is 2.35. The molecule has 1 saturated heterocycles. The summed E-state index contributed by atoms with van der Waals surface area (Å²) in [5.41, 5.74) is 0.973. The number of aliphatic hydroxyl groups is 1. The molecule has 1 heterocycles. The van der Waals surface area contributed by atoms with Crippen molar-refractivity contribution < 1.29 is 19.4 Å². The van der Waals surface area contributed by atoms with Gasteiger partial charge in [0.15, 0.2) is 0 Å².